The maximum absolute atomic E-state index is 0. The van der Waals surface area contributed by atoms with Crippen molar-refractivity contribution in [1.82, 2.24) is 0 Å². The van der Waals surface area contributed by atoms with Crippen molar-refractivity contribution in [3.05, 3.63) is 0 Å². The second kappa shape index (κ2) is 16.5. The molecule has 0 aliphatic carbocycles. The third-order valence-electron chi connectivity index (χ3n) is 0. The Hall–Kier alpha value is 3.09. The molecule has 0 nitrogen and oxygen atoms in total. The van der Waals surface area contributed by atoms with Crippen molar-refractivity contribution in [3.8, 4) is 0 Å². The average molecular weight is 325 g/mol. The third kappa shape index (κ3) is 8.92. The van der Waals surface area contributed by atoms with Crippen LogP contribution in [0.2, 0.25) is 0 Å². The molecule has 0 saturated carbocycles. The summed E-state index contributed by atoms with van der Waals surface area (Å²) < 4.78 is 0. The summed E-state index contributed by atoms with van der Waals surface area (Å²) in [6.07, 6.45) is 0. The first kappa shape index (κ1) is 27.5. The quantitative estimate of drug-likeness (QED) is 0.492. The van der Waals surface area contributed by atoms with E-state index in [1.807, 2.05) is 0 Å². The van der Waals surface area contributed by atoms with E-state index in [9.17, 15) is 0 Å². The molecule has 0 N–H and O–H groups in total. The molecule has 0 fully saturated rings. The third-order valence-corrected chi connectivity index (χ3v) is 0. The Kier molecular flexibility index (Phi) is 114. The molecule has 0 spiro atoms. The predicted molar refractivity (Wildman–Crippen MR) is 9.94 cm³/mol. The Morgan fingerprint density at radius 1 is 1.00 bits per heavy atom. The summed E-state index contributed by atoms with van der Waals surface area (Å²) >= 11 is 0. The normalized spacial score (nSPS) is 0. The molecule has 0 aromatic rings. The molecular formula is H3AlCeMoNi. The van der Waals surface area contributed by atoms with E-state index >= 15 is 0 Å². The van der Waals surface area contributed by atoms with Gasteiger partial charge in [0.15, 0.2) is 17.4 Å². The van der Waals surface area contributed by atoms with Crippen molar-refractivity contribution in [2.75, 3.05) is 0 Å². The van der Waals surface area contributed by atoms with E-state index in [1.54, 1.807) is 0 Å². The first-order valence-corrected chi connectivity index (χ1v) is 0. The minimum atomic E-state index is 0. The number of hydrogen-bond acceptors (Lipinski definition) is 0. The van der Waals surface area contributed by atoms with Crippen molar-refractivity contribution in [2.45, 2.75) is 0 Å². The molecule has 0 amide bonds. The smallest absolute Gasteiger partial charge is 0 e. The van der Waals surface area contributed by atoms with E-state index in [1.165, 1.54) is 0 Å². The summed E-state index contributed by atoms with van der Waals surface area (Å²) in [7, 11) is 0. The van der Waals surface area contributed by atoms with Crippen molar-refractivity contribution < 1.29 is 79.3 Å². The van der Waals surface area contributed by atoms with Gasteiger partial charge in [-0.1, -0.05) is 0 Å². The van der Waals surface area contributed by atoms with Crippen LogP contribution in [0.5, 0.6) is 0 Å². The Bertz CT molecular complexity index is 8.00. The molecule has 0 aliphatic rings. The second-order valence-electron chi connectivity index (χ2n) is 0. The van der Waals surface area contributed by atoms with E-state index in [2.05, 4.69) is 0 Å². The summed E-state index contributed by atoms with van der Waals surface area (Å²) in [4.78, 5) is 0. The molecule has 0 aromatic heterocycles. The fourth-order valence-corrected chi connectivity index (χ4v) is 0. The molecule has 0 saturated heterocycles. The Morgan fingerprint density at radius 3 is 1.00 bits per heavy atom. The Labute approximate surface area is 94.6 Å². The van der Waals surface area contributed by atoms with Gasteiger partial charge in [0.05, 0.1) is 0 Å². The SMILES string of the molecule is [AlH3].[Ce].[Mo].[Ni]. The van der Waals surface area contributed by atoms with Gasteiger partial charge in [-0.3, -0.25) is 0 Å². The van der Waals surface area contributed by atoms with Crippen LogP contribution < -0.4 is 0 Å². The van der Waals surface area contributed by atoms with E-state index in [-0.39, 0.29) is 96.7 Å². The summed E-state index contributed by atoms with van der Waals surface area (Å²) in [6, 6.07) is 0. The fraction of sp³-hybridized carbons (Fsp3) is 0. The molecule has 0 unspecified atom stereocenters. The standard InChI is InChI=1S/Al.Ce.Mo.Ni.3H. The van der Waals surface area contributed by atoms with E-state index in [0.29, 0.717) is 0 Å². The van der Waals surface area contributed by atoms with Gasteiger partial charge in [-0.25, -0.2) is 0 Å². The average Bonchev–Trinajstić information content (AvgIpc) is 0. The molecular weight excluding hydrogens is 322 g/mol. The maximum Gasteiger partial charge on any atom is 0.187 e. The van der Waals surface area contributed by atoms with Crippen molar-refractivity contribution in [2.24, 2.45) is 0 Å². The molecule has 0 atom stereocenters. The molecule has 0 radical (unpaired) electrons. The summed E-state index contributed by atoms with van der Waals surface area (Å²) in [5, 5.41) is 0. The predicted octanol–water partition coefficient (Wildman–Crippen LogP) is -1.19. The van der Waals surface area contributed by atoms with Gasteiger partial charge in [-0.05, 0) is 0 Å². The van der Waals surface area contributed by atoms with Gasteiger partial charge in [0, 0.05) is 79.3 Å². The van der Waals surface area contributed by atoms with Crippen molar-refractivity contribution >= 4 is 17.4 Å². The zero-order valence-electron chi connectivity index (χ0n) is 1.22. The van der Waals surface area contributed by atoms with Crippen LogP contribution in [0.4, 0.5) is 0 Å². The van der Waals surface area contributed by atoms with Crippen molar-refractivity contribution in [1.29, 1.82) is 0 Å². The molecule has 0 rings (SSSR count). The van der Waals surface area contributed by atoms with Crippen LogP contribution in [0.15, 0.2) is 0 Å². The van der Waals surface area contributed by atoms with Gasteiger partial charge < -0.3 is 0 Å². The molecule has 0 heterocycles. The van der Waals surface area contributed by atoms with Crippen LogP contribution in [0.3, 0.4) is 0 Å². The zero-order valence-corrected chi connectivity index (χ0v) is 7.36. The van der Waals surface area contributed by atoms with Crippen LogP contribution in [0.25, 0.3) is 0 Å². The monoisotopic (exact) mass is 326 g/mol. The number of rotatable bonds is 0. The summed E-state index contributed by atoms with van der Waals surface area (Å²) in [5.41, 5.74) is 0. The summed E-state index contributed by atoms with van der Waals surface area (Å²) in [6.45, 7) is 0. The van der Waals surface area contributed by atoms with E-state index in [0.717, 1.165) is 0 Å². The van der Waals surface area contributed by atoms with Gasteiger partial charge in [0.25, 0.3) is 0 Å². The van der Waals surface area contributed by atoms with E-state index in [4.69, 9.17) is 0 Å². The Balaban J connectivity index is 0. The molecule has 4 heteroatoms. The number of hydrogen-bond donors (Lipinski definition) is 0. The van der Waals surface area contributed by atoms with Gasteiger partial charge in [0.2, 0.25) is 0 Å². The zero-order chi connectivity index (χ0) is 0. The largest absolute Gasteiger partial charge is 0.187 e. The first-order valence-electron chi connectivity index (χ1n) is 0. The molecule has 26 valence electrons. The molecule has 4 heavy (non-hydrogen) atoms. The first-order chi connectivity index (χ1) is 0. The van der Waals surface area contributed by atoms with Gasteiger partial charge in [-0.2, -0.15) is 0 Å². The van der Waals surface area contributed by atoms with Crippen LogP contribution >= 0.6 is 0 Å². The van der Waals surface area contributed by atoms with Crippen LogP contribution in [-0.4, -0.2) is 17.4 Å². The van der Waals surface area contributed by atoms with Crippen LogP contribution in [0.1, 0.15) is 0 Å². The molecule has 0 aliphatic heterocycles. The molecule has 0 bridgehead atoms. The minimum absolute atomic E-state index is 0. The molecule has 0 aromatic carbocycles. The van der Waals surface area contributed by atoms with E-state index < -0.39 is 0 Å². The maximum atomic E-state index is 0. The topological polar surface area (TPSA) is 0 Å². The van der Waals surface area contributed by atoms with Gasteiger partial charge in [0.1, 0.15) is 0 Å². The fourth-order valence-electron chi connectivity index (χ4n) is 0. The Morgan fingerprint density at radius 2 is 1.00 bits per heavy atom. The second-order valence-corrected chi connectivity index (χ2v) is 0. The minimum Gasteiger partial charge on any atom is 0 e. The summed E-state index contributed by atoms with van der Waals surface area (Å²) in [5.74, 6) is 0. The van der Waals surface area contributed by atoms with Gasteiger partial charge in [-0.15, -0.1) is 0 Å². The van der Waals surface area contributed by atoms with Gasteiger partial charge >= 0.3 is 0 Å². The van der Waals surface area contributed by atoms with Crippen LogP contribution in [0, 0.1) is 41.7 Å². The van der Waals surface area contributed by atoms with Crippen LogP contribution in [-0.2, 0) is 37.6 Å². The van der Waals surface area contributed by atoms with Crippen molar-refractivity contribution in [3.63, 3.8) is 0 Å².